The van der Waals surface area contributed by atoms with Crippen LogP contribution in [0.15, 0.2) is 48.7 Å². The van der Waals surface area contributed by atoms with Crippen LogP contribution in [0.4, 0.5) is 0 Å². The molecule has 1 aromatic carbocycles. The molecule has 0 radical (unpaired) electrons. The second-order valence-electron chi connectivity index (χ2n) is 5.62. The number of Topliss-reactive ketones (excluding diaryl/α,β-unsaturated/α-hetero) is 1. The zero-order chi connectivity index (χ0) is 16.9. The highest BCUT2D eigenvalue weighted by Crippen LogP contribution is 2.24. The predicted molar refractivity (Wildman–Crippen MR) is 90.2 cm³/mol. The van der Waals surface area contributed by atoms with E-state index < -0.39 is 0 Å². The average Bonchev–Trinajstić information content (AvgIpc) is 2.57. The molecule has 0 saturated carbocycles. The van der Waals surface area contributed by atoms with Gasteiger partial charge in [-0.05, 0) is 12.1 Å². The number of benzene rings is 1. The van der Waals surface area contributed by atoms with Gasteiger partial charge in [0.25, 0.3) is 0 Å². The van der Waals surface area contributed by atoms with Crippen molar-refractivity contribution in [1.29, 1.82) is 0 Å². The maximum Gasteiger partial charge on any atom is 0.232 e. The Morgan fingerprint density at radius 3 is 2.58 bits per heavy atom. The molecule has 24 heavy (non-hydrogen) atoms. The zero-order valence-electron chi connectivity index (χ0n) is 13.0. The zero-order valence-corrected chi connectivity index (χ0v) is 13.8. The number of halogens is 1. The fourth-order valence-corrected chi connectivity index (χ4v) is 2.65. The van der Waals surface area contributed by atoms with E-state index in [1.807, 2.05) is 18.2 Å². The standard InChI is InChI=1S/C18H17ClN2O3/c19-15-7-4-10-20-18(15)24-14-11-21(12-14)17(23)9-8-16(22)13-5-2-1-3-6-13/h1-7,10,14H,8-9,11-12H2. The third kappa shape index (κ3) is 3.92. The molecule has 124 valence electrons. The quantitative estimate of drug-likeness (QED) is 0.756. The molecule has 0 spiro atoms. The SMILES string of the molecule is O=C(CCC(=O)N1CC(Oc2ncccc2Cl)C1)c1ccccc1. The molecule has 2 heterocycles. The third-order valence-corrected chi connectivity index (χ3v) is 4.15. The first kappa shape index (κ1) is 16.5. The number of carbonyl (C=O) groups excluding carboxylic acids is 2. The van der Waals surface area contributed by atoms with Gasteiger partial charge in [0.05, 0.1) is 13.1 Å². The van der Waals surface area contributed by atoms with Crippen molar-refractivity contribution in [3.05, 3.63) is 59.2 Å². The van der Waals surface area contributed by atoms with E-state index in [0.717, 1.165) is 0 Å². The highest BCUT2D eigenvalue weighted by atomic mass is 35.5. The van der Waals surface area contributed by atoms with Crippen molar-refractivity contribution < 1.29 is 14.3 Å². The number of nitrogens with zero attached hydrogens (tertiary/aromatic N) is 2. The van der Waals surface area contributed by atoms with E-state index in [0.29, 0.717) is 29.6 Å². The first-order chi connectivity index (χ1) is 11.6. The van der Waals surface area contributed by atoms with Crippen LogP contribution in [0, 0.1) is 0 Å². The highest BCUT2D eigenvalue weighted by molar-refractivity contribution is 6.31. The van der Waals surface area contributed by atoms with Crippen LogP contribution in [0.5, 0.6) is 5.88 Å². The number of ketones is 1. The summed E-state index contributed by atoms with van der Waals surface area (Å²) in [4.78, 5) is 29.8. The number of hydrogen-bond donors (Lipinski definition) is 0. The Hall–Kier alpha value is -2.40. The number of hydrogen-bond acceptors (Lipinski definition) is 4. The normalized spacial score (nSPS) is 14.1. The van der Waals surface area contributed by atoms with Crippen molar-refractivity contribution in [2.75, 3.05) is 13.1 Å². The summed E-state index contributed by atoms with van der Waals surface area (Å²) in [6.45, 7) is 0.983. The lowest BCUT2D eigenvalue weighted by Crippen LogP contribution is -2.56. The van der Waals surface area contributed by atoms with E-state index in [1.165, 1.54) is 0 Å². The molecule has 0 bridgehead atoms. The Morgan fingerprint density at radius 1 is 1.12 bits per heavy atom. The van der Waals surface area contributed by atoms with Gasteiger partial charge in [-0.2, -0.15) is 0 Å². The Kier molecular flexibility index (Phi) is 5.11. The summed E-state index contributed by atoms with van der Waals surface area (Å²) in [5.41, 5.74) is 0.639. The number of likely N-dealkylation sites (tertiary alicyclic amines) is 1. The second-order valence-corrected chi connectivity index (χ2v) is 6.03. The number of aromatic nitrogens is 1. The predicted octanol–water partition coefficient (Wildman–Crippen LogP) is 2.99. The molecule has 0 aliphatic carbocycles. The summed E-state index contributed by atoms with van der Waals surface area (Å²) >= 11 is 5.99. The van der Waals surface area contributed by atoms with Gasteiger partial charge in [0.15, 0.2) is 5.78 Å². The molecule has 2 aromatic rings. The topological polar surface area (TPSA) is 59.5 Å². The van der Waals surface area contributed by atoms with Gasteiger partial charge in [0, 0.05) is 24.6 Å². The Balaban J connectivity index is 1.42. The summed E-state index contributed by atoms with van der Waals surface area (Å²) in [6.07, 6.45) is 1.94. The molecule has 5 nitrogen and oxygen atoms in total. The van der Waals surface area contributed by atoms with E-state index in [-0.39, 0.29) is 30.6 Å². The minimum absolute atomic E-state index is 0.0162. The first-order valence-corrected chi connectivity index (χ1v) is 8.14. The third-order valence-electron chi connectivity index (χ3n) is 3.87. The van der Waals surface area contributed by atoms with E-state index in [9.17, 15) is 9.59 Å². The van der Waals surface area contributed by atoms with Crippen LogP contribution in [-0.2, 0) is 4.79 Å². The molecule has 3 rings (SSSR count). The minimum Gasteiger partial charge on any atom is -0.470 e. The van der Waals surface area contributed by atoms with Crippen molar-refractivity contribution in [2.24, 2.45) is 0 Å². The van der Waals surface area contributed by atoms with E-state index >= 15 is 0 Å². The lowest BCUT2D eigenvalue weighted by Gasteiger charge is -2.38. The van der Waals surface area contributed by atoms with Gasteiger partial charge in [-0.15, -0.1) is 0 Å². The van der Waals surface area contributed by atoms with Gasteiger partial charge in [0.1, 0.15) is 11.1 Å². The van der Waals surface area contributed by atoms with Gasteiger partial charge in [-0.1, -0.05) is 41.9 Å². The van der Waals surface area contributed by atoms with Crippen LogP contribution in [-0.4, -0.2) is 40.8 Å². The van der Waals surface area contributed by atoms with Crippen molar-refractivity contribution >= 4 is 23.3 Å². The molecule has 1 aromatic heterocycles. The second kappa shape index (κ2) is 7.45. The van der Waals surface area contributed by atoms with E-state index in [4.69, 9.17) is 16.3 Å². The van der Waals surface area contributed by atoms with E-state index in [1.54, 1.807) is 35.4 Å². The lowest BCUT2D eigenvalue weighted by atomic mass is 10.1. The average molecular weight is 345 g/mol. The van der Waals surface area contributed by atoms with Crippen LogP contribution in [0.2, 0.25) is 5.02 Å². The Labute approximate surface area is 145 Å². The van der Waals surface area contributed by atoms with Crippen molar-refractivity contribution in [3.8, 4) is 5.88 Å². The number of ether oxygens (including phenoxy) is 1. The number of pyridine rings is 1. The monoisotopic (exact) mass is 344 g/mol. The van der Waals surface area contributed by atoms with E-state index in [2.05, 4.69) is 4.98 Å². The van der Waals surface area contributed by atoms with Crippen LogP contribution < -0.4 is 4.74 Å². The van der Waals surface area contributed by atoms with Crippen LogP contribution in [0.3, 0.4) is 0 Å². The fourth-order valence-electron chi connectivity index (χ4n) is 2.48. The summed E-state index contributed by atoms with van der Waals surface area (Å²) in [6, 6.07) is 12.4. The summed E-state index contributed by atoms with van der Waals surface area (Å²) in [7, 11) is 0. The molecule has 1 saturated heterocycles. The maximum absolute atomic E-state index is 12.1. The number of rotatable bonds is 6. The minimum atomic E-state index is -0.105. The van der Waals surface area contributed by atoms with Gasteiger partial charge in [-0.3, -0.25) is 9.59 Å². The molecule has 0 atom stereocenters. The fraction of sp³-hybridized carbons (Fsp3) is 0.278. The summed E-state index contributed by atoms with van der Waals surface area (Å²) in [5, 5.41) is 0.454. The molecular formula is C18H17ClN2O3. The maximum atomic E-state index is 12.1. The number of amides is 1. The van der Waals surface area contributed by atoms with Crippen molar-refractivity contribution in [1.82, 2.24) is 9.88 Å². The molecule has 1 aliphatic rings. The summed E-state index contributed by atoms with van der Waals surface area (Å²) in [5.74, 6) is 0.333. The first-order valence-electron chi connectivity index (χ1n) is 7.76. The molecule has 1 amide bonds. The Morgan fingerprint density at radius 2 is 1.88 bits per heavy atom. The van der Waals surface area contributed by atoms with Gasteiger partial charge in [-0.25, -0.2) is 4.98 Å². The van der Waals surface area contributed by atoms with Gasteiger partial charge < -0.3 is 9.64 Å². The molecule has 0 N–H and O–H groups in total. The van der Waals surface area contributed by atoms with Crippen LogP contribution in [0.1, 0.15) is 23.2 Å². The number of carbonyl (C=O) groups is 2. The molecule has 6 heteroatoms. The van der Waals surface area contributed by atoms with Gasteiger partial charge in [0.2, 0.25) is 11.8 Å². The summed E-state index contributed by atoms with van der Waals surface area (Å²) < 4.78 is 5.65. The van der Waals surface area contributed by atoms with Crippen molar-refractivity contribution in [2.45, 2.75) is 18.9 Å². The molecule has 0 unspecified atom stereocenters. The Bertz CT molecular complexity index is 730. The van der Waals surface area contributed by atoms with Crippen LogP contribution >= 0.6 is 11.6 Å². The van der Waals surface area contributed by atoms with Crippen molar-refractivity contribution in [3.63, 3.8) is 0 Å². The molecule has 1 fully saturated rings. The lowest BCUT2D eigenvalue weighted by molar-refractivity contribution is -0.140. The van der Waals surface area contributed by atoms with Crippen LogP contribution in [0.25, 0.3) is 0 Å². The largest absolute Gasteiger partial charge is 0.470 e. The smallest absolute Gasteiger partial charge is 0.232 e. The molecular weight excluding hydrogens is 328 g/mol. The highest BCUT2D eigenvalue weighted by Gasteiger charge is 2.32. The van der Waals surface area contributed by atoms with Gasteiger partial charge >= 0.3 is 0 Å². The molecule has 1 aliphatic heterocycles.